The molecule has 0 aliphatic rings. The first-order chi connectivity index (χ1) is 10.5. The molecular weight excluding hydrogens is 286 g/mol. The average Bonchev–Trinajstić information content (AvgIpc) is 2.53. The van der Waals surface area contributed by atoms with Crippen LogP contribution in [0.2, 0.25) is 0 Å². The Morgan fingerprint density at radius 3 is 2.59 bits per heavy atom. The number of non-ortho nitro benzene ring substituents is 1. The smallest absolute Gasteiger partial charge is 0.342 e. The zero-order valence-electron chi connectivity index (χ0n) is 12.2. The maximum Gasteiger partial charge on any atom is 0.342 e. The van der Waals surface area contributed by atoms with Gasteiger partial charge in [-0.2, -0.15) is 0 Å². The van der Waals surface area contributed by atoms with E-state index in [1.54, 1.807) is 0 Å². The predicted octanol–water partition coefficient (Wildman–Crippen LogP) is 3.27. The van der Waals surface area contributed by atoms with Crippen molar-refractivity contribution in [2.24, 2.45) is 0 Å². The van der Waals surface area contributed by atoms with Gasteiger partial charge in [0.1, 0.15) is 17.9 Å². The SMILES string of the molecule is COc1ccc([N+](=O)[O-])cc1C(=O)OCc1ccccc1C. The molecule has 0 fully saturated rings. The number of hydrogen-bond donors (Lipinski definition) is 0. The molecule has 6 nitrogen and oxygen atoms in total. The Bertz CT molecular complexity index is 711. The fraction of sp³-hybridized carbons (Fsp3) is 0.188. The highest BCUT2D eigenvalue weighted by molar-refractivity contribution is 5.93. The lowest BCUT2D eigenvalue weighted by molar-refractivity contribution is -0.384. The number of carbonyl (C=O) groups is 1. The van der Waals surface area contributed by atoms with Gasteiger partial charge < -0.3 is 9.47 Å². The van der Waals surface area contributed by atoms with Crippen LogP contribution in [0.5, 0.6) is 5.75 Å². The van der Waals surface area contributed by atoms with Crippen LogP contribution in [-0.4, -0.2) is 18.0 Å². The van der Waals surface area contributed by atoms with Gasteiger partial charge in [0.2, 0.25) is 0 Å². The van der Waals surface area contributed by atoms with E-state index < -0.39 is 10.9 Å². The summed E-state index contributed by atoms with van der Waals surface area (Å²) in [5, 5.41) is 10.8. The predicted molar refractivity (Wildman–Crippen MR) is 79.9 cm³/mol. The Hall–Kier alpha value is -2.89. The van der Waals surface area contributed by atoms with Crippen LogP contribution < -0.4 is 4.74 Å². The highest BCUT2D eigenvalue weighted by Gasteiger charge is 2.19. The third-order valence-corrected chi connectivity index (χ3v) is 3.23. The number of ether oxygens (including phenoxy) is 2. The number of carbonyl (C=O) groups excluding carboxylic acids is 1. The molecule has 2 aromatic carbocycles. The summed E-state index contributed by atoms with van der Waals surface area (Å²) in [6, 6.07) is 11.3. The van der Waals surface area contributed by atoms with Gasteiger partial charge in [-0.05, 0) is 24.1 Å². The van der Waals surface area contributed by atoms with Gasteiger partial charge in [0.05, 0.1) is 12.0 Å². The van der Waals surface area contributed by atoms with Crippen LogP contribution in [0.3, 0.4) is 0 Å². The summed E-state index contributed by atoms with van der Waals surface area (Å²) >= 11 is 0. The Morgan fingerprint density at radius 2 is 1.95 bits per heavy atom. The van der Waals surface area contributed by atoms with Crippen molar-refractivity contribution in [3.05, 3.63) is 69.3 Å². The summed E-state index contributed by atoms with van der Waals surface area (Å²) in [5.41, 5.74) is 1.72. The van der Waals surface area contributed by atoms with Crippen LogP contribution in [0.25, 0.3) is 0 Å². The molecule has 0 heterocycles. The monoisotopic (exact) mass is 301 g/mol. The summed E-state index contributed by atoms with van der Waals surface area (Å²) < 4.78 is 10.3. The number of hydrogen-bond acceptors (Lipinski definition) is 5. The van der Waals surface area contributed by atoms with Gasteiger partial charge in [0.25, 0.3) is 5.69 Å². The lowest BCUT2D eigenvalue weighted by Crippen LogP contribution is -2.08. The molecule has 0 bridgehead atoms. The number of esters is 1. The Kier molecular flexibility index (Phi) is 4.73. The zero-order chi connectivity index (χ0) is 16.1. The minimum absolute atomic E-state index is 0.0327. The van der Waals surface area contributed by atoms with E-state index in [2.05, 4.69) is 0 Å². The molecule has 6 heteroatoms. The lowest BCUT2D eigenvalue weighted by atomic mass is 10.1. The van der Waals surface area contributed by atoms with Gasteiger partial charge >= 0.3 is 5.97 Å². The normalized spacial score (nSPS) is 10.1. The van der Waals surface area contributed by atoms with Crippen LogP contribution in [0, 0.1) is 17.0 Å². The van der Waals surface area contributed by atoms with Crippen molar-refractivity contribution in [1.82, 2.24) is 0 Å². The van der Waals surface area contributed by atoms with Crippen LogP contribution in [-0.2, 0) is 11.3 Å². The van der Waals surface area contributed by atoms with E-state index >= 15 is 0 Å². The maximum absolute atomic E-state index is 12.2. The largest absolute Gasteiger partial charge is 0.496 e. The van der Waals surface area contributed by atoms with Crippen LogP contribution in [0.1, 0.15) is 21.5 Å². The number of aryl methyl sites for hydroxylation is 1. The van der Waals surface area contributed by atoms with Crippen molar-refractivity contribution >= 4 is 11.7 Å². The molecule has 22 heavy (non-hydrogen) atoms. The van der Waals surface area contributed by atoms with Crippen molar-refractivity contribution in [2.75, 3.05) is 7.11 Å². The third kappa shape index (κ3) is 3.41. The number of nitro groups is 1. The highest BCUT2D eigenvalue weighted by atomic mass is 16.6. The fourth-order valence-corrected chi connectivity index (χ4v) is 1.96. The van der Waals surface area contributed by atoms with E-state index in [-0.39, 0.29) is 23.6 Å². The number of nitrogens with zero attached hydrogens (tertiary/aromatic N) is 1. The number of methoxy groups -OCH3 is 1. The van der Waals surface area contributed by atoms with E-state index in [1.807, 2.05) is 31.2 Å². The first-order valence-electron chi connectivity index (χ1n) is 6.57. The topological polar surface area (TPSA) is 78.7 Å². The van der Waals surface area contributed by atoms with Crippen molar-refractivity contribution in [3.63, 3.8) is 0 Å². The lowest BCUT2D eigenvalue weighted by Gasteiger charge is -2.10. The zero-order valence-corrected chi connectivity index (χ0v) is 12.2. The number of benzene rings is 2. The molecule has 0 saturated heterocycles. The average molecular weight is 301 g/mol. The number of rotatable bonds is 5. The van der Waals surface area contributed by atoms with Crippen LogP contribution in [0.15, 0.2) is 42.5 Å². The van der Waals surface area contributed by atoms with Crippen molar-refractivity contribution < 1.29 is 19.2 Å². The van der Waals surface area contributed by atoms with E-state index in [0.717, 1.165) is 17.2 Å². The van der Waals surface area contributed by atoms with E-state index in [1.165, 1.54) is 19.2 Å². The fourth-order valence-electron chi connectivity index (χ4n) is 1.96. The third-order valence-electron chi connectivity index (χ3n) is 3.23. The molecule has 2 rings (SSSR count). The minimum Gasteiger partial charge on any atom is -0.496 e. The van der Waals surface area contributed by atoms with Crippen LogP contribution in [0.4, 0.5) is 5.69 Å². The molecular formula is C16H15NO5. The molecule has 114 valence electrons. The second-order valence-electron chi connectivity index (χ2n) is 4.64. The van der Waals surface area contributed by atoms with E-state index in [0.29, 0.717) is 0 Å². The Balaban J connectivity index is 2.20. The standard InChI is InChI=1S/C16H15NO5/c1-11-5-3-4-6-12(11)10-22-16(18)14-9-13(17(19)20)7-8-15(14)21-2/h3-9H,10H2,1-2H3. The Morgan fingerprint density at radius 1 is 1.23 bits per heavy atom. The molecule has 0 radical (unpaired) electrons. The van der Waals surface area contributed by atoms with Gasteiger partial charge in [-0.25, -0.2) is 4.79 Å². The number of nitro benzene ring substituents is 1. The molecule has 0 aliphatic carbocycles. The molecule has 0 aromatic heterocycles. The first-order valence-corrected chi connectivity index (χ1v) is 6.57. The summed E-state index contributed by atoms with van der Waals surface area (Å²) in [6.07, 6.45) is 0. The molecule has 2 aromatic rings. The molecule has 0 atom stereocenters. The van der Waals surface area contributed by atoms with Gasteiger partial charge in [-0.15, -0.1) is 0 Å². The summed E-state index contributed by atoms with van der Waals surface area (Å²) in [6.45, 7) is 2.01. The van der Waals surface area contributed by atoms with E-state index in [9.17, 15) is 14.9 Å². The quantitative estimate of drug-likeness (QED) is 0.481. The molecule has 0 saturated carbocycles. The molecule has 0 amide bonds. The Labute approximate surface area is 127 Å². The van der Waals surface area contributed by atoms with Gasteiger partial charge in [-0.1, -0.05) is 24.3 Å². The summed E-state index contributed by atoms with van der Waals surface area (Å²) in [7, 11) is 1.39. The molecule has 0 spiro atoms. The van der Waals surface area contributed by atoms with Gasteiger partial charge in [-0.3, -0.25) is 10.1 Å². The molecule has 0 N–H and O–H groups in total. The first kappa shape index (κ1) is 15.5. The highest BCUT2D eigenvalue weighted by Crippen LogP contribution is 2.25. The second-order valence-corrected chi connectivity index (χ2v) is 4.64. The van der Waals surface area contributed by atoms with Gasteiger partial charge in [0.15, 0.2) is 0 Å². The van der Waals surface area contributed by atoms with Gasteiger partial charge in [0, 0.05) is 12.1 Å². The summed E-state index contributed by atoms with van der Waals surface area (Å²) in [4.78, 5) is 22.4. The van der Waals surface area contributed by atoms with E-state index in [4.69, 9.17) is 9.47 Å². The van der Waals surface area contributed by atoms with Crippen LogP contribution >= 0.6 is 0 Å². The molecule has 0 unspecified atom stereocenters. The maximum atomic E-state index is 12.2. The van der Waals surface area contributed by atoms with Crippen molar-refractivity contribution in [1.29, 1.82) is 0 Å². The molecule has 0 aliphatic heterocycles. The van der Waals surface area contributed by atoms with Crippen molar-refractivity contribution in [3.8, 4) is 5.75 Å². The minimum atomic E-state index is -0.663. The van der Waals surface area contributed by atoms with Crippen molar-refractivity contribution in [2.45, 2.75) is 13.5 Å². The second kappa shape index (κ2) is 6.71. The summed E-state index contributed by atoms with van der Waals surface area (Å²) in [5.74, 6) is -0.427.